The van der Waals surface area contributed by atoms with Crippen molar-refractivity contribution < 1.29 is 33.6 Å². The number of ether oxygens (including phenoxy) is 3. The van der Waals surface area contributed by atoms with Crippen LogP contribution in [0.15, 0.2) is 64.8 Å². The number of rotatable bonds is 16. The van der Waals surface area contributed by atoms with Crippen LogP contribution in [-0.2, 0) is 32.6 Å². The van der Waals surface area contributed by atoms with E-state index >= 15 is 0 Å². The molecule has 1 aliphatic heterocycles. The van der Waals surface area contributed by atoms with Gasteiger partial charge in [0.2, 0.25) is 18.0 Å². The van der Waals surface area contributed by atoms with Crippen molar-refractivity contribution in [2.45, 2.75) is 115 Å². The van der Waals surface area contributed by atoms with Gasteiger partial charge in [-0.1, -0.05) is 38.1 Å². The number of aliphatic hydroxyl groups is 1. The average Bonchev–Trinajstić information content (AvgIpc) is 4.09. The van der Waals surface area contributed by atoms with Gasteiger partial charge >= 0.3 is 5.97 Å². The summed E-state index contributed by atoms with van der Waals surface area (Å²) in [5, 5.41) is 37.6. The monoisotopic (exact) mass is 914 g/mol. The summed E-state index contributed by atoms with van der Waals surface area (Å²) in [5.41, 5.74) is 1.60. The first kappa shape index (κ1) is 45.0. The van der Waals surface area contributed by atoms with E-state index < -0.39 is 19.9 Å². The molecule has 4 aromatic heterocycles. The number of nitrogens with zero attached hydrogens (tertiary/aromatic N) is 4. The summed E-state index contributed by atoms with van der Waals surface area (Å²) in [6.07, 6.45) is 3.47. The molecule has 63 heavy (non-hydrogen) atoms. The van der Waals surface area contributed by atoms with Gasteiger partial charge in [0.25, 0.3) is 0 Å². The van der Waals surface area contributed by atoms with Crippen molar-refractivity contribution in [3.63, 3.8) is 0 Å². The molecule has 0 radical (unpaired) electrons. The SMILES string of the molecule is Cc1ccc([C@](O)(C(=O)O[C@H]2CC[C@H](N(C)CCCn3nnc4cc(CNCC(O[Si](C)(C)C(C)(C)C)c5ccc(O)c6[nH]c(=O)ccc56)c5c(c43)OCO5)CC2)c2cccs2)s1. The van der Waals surface area contributed by atoms with Crippen LogP contribution in [0.5, 0.6) is 17.2 Å². The fourth-order valence-electron chi connectivity index (χ4n) is 8.42. The third kappa shape index (κ3) is 9.19. The molecule has 0 bridgehead atoms. The van der Waals surface area contributed by atoms with Gasteiger partial charge in [-0.2, -0.15) is 0 Å². The predicted molar refractivity (Wildman–Crippen MR) is 248 cm³/mol. The summed E-state index contributed by atoms with van der Waals surface area (Å²) in [4.78, 5) is 33.1. The van der Waals surface area contributed by atoms with E-state index in [0.29, 0.717) is 52.4 Å². The molecule has 5 heterocycles. The van der Waals surface area contributed by atoms with Gasteiger partial charge in [0.05, 0.1) is 21.4 Å². The molecular weight excluding hydrogens is 857 g/mol. The normalized spacial score (nSPS) is 18.3. The maximum Gasteiger partial charge on any atom is 0.349 e. The lowest BCUT2D eigenvalue weighted by atomic mass is 9.91. The maximum atomic E-state index is 13.6. The molecule has 0 amide bonds. The Morgan fingerprint density at radius 1 is 1.08 bits per heavy atom. The predicted octanol–water partition coefficient (Wildman–Crippen LogP) is 8.10. The molecule has 1 aliphatic carbocycles. The second-order valence-electron chi connectivity index (χ2n) is 18.3. The van der Waals surface area contributed by atoms with Crippen molar-refractivity contribution in [3.8, 4) is 17.2 Å². The van der Waals surface area contributed by atoms with Gasteiger partial charge in [-0.15, -0.1) is 27.8 Å². The molecule has 6 aromatic rings. The number of hydrogen-bond acceptors (Lipinski definition) is 14. The fraction of sp³-hybridized carbons (Fsp3) is 0.478. The highest BCUT2D eigenvalue weighted by molar-refractivity contribution is 7.13. The molecule has 0 spiro atoms. The lowest BCUT2D eigenvalue weighted by Gasteiger charge is -2.39. The molecule has 4 N–H and O–H groups in total. The number of hydrogen-bond donors (Lipinski definition) is 4. The standard InChI is InChI=1S/C46H58N6O8S2Si/c1-28-11-19-38(62-28)46(56,37-10-8-23-61-37)44(55)59-31-14-12-30(13-15-31)51(5)21-9-22-52-41-34(49-50-52)24-29(42-43(41)58-27-57-42)25-47-26-36(60-63(6,7)45(2,3)4)32-16-18-35(53)40-33(32)17-20-39(54)48-40/h8,10-11,16-20,23-24,30-31,36,47,53,56H,9,12-15,21-22,25-27H2,1-7H3,(H,48,54)/t30-,31-,36?,46-/m0/s1. The van der Waals surface area contributed by atoms with Crippen molar-refractivity contribution in [1.29, 1.82) is 0 Å². The van der Waals surface area contributed by atoms with Gasteiger partial charge in [0.15, 0.2) is 19.8 Å². The number of aromatic nitrogens is 4. The number of aryl methyl sites for hydroxylation is 2. The van der Waals surface area contributed by atoms with E-state index in [1.165, 1.54) is 28.7 Å². The second kappa shape index (κ2) is 18.1. The molecule has 2 aliphatic rings. The number of carbonyl (C=O) groups excluding carboxylic acids is 1. The molecule has 336 valence electrons. The first-order chi connectivity index (χ1) is 30.0. The minimum Gasteiger partial charge on any atom is -0.506 e. The van der Waals surface area contributed by atoms with E-state index in [1.807, 2.05) is 47.3 Å². The van der Waals surface area contributed by atoms with Crippen molar-refractivity contribution in [1.82, 2.24) is 30.2 Å². The summed E-state index contributed by atoms with van der Waals surface area (Å²) in [5.74, 6) is 0.713. The van der Waals surface area contributed by atoms with Gasteiger partial charge < -0.3 is 44.1 Å². The van der Waals surface area contributed by atoms with Crippen LogP contribution in [-0.4, -0.2) is 88.5 Å². The Morgan fingerprint density at radius 2 is 1.86 bits per heavy atom. The smallest absolute Gasteiger partial charge is 0.349 e. The third-order valence-corrected chi connectivity index (χ3v) is 19.6. The van der Waals surface area contributed by atoms with Crippen molar-refractivity contribution in [3.05, 3.63) is 96.1 Å². The zero-order chi connectivity index (χ0) is 44.7. The van der Waals surface area contributed by atoms with E-state index in [-0.39, 0.29) is 35.3 Å². The molecule has 2 atom stereocenters. The van der Waals surface area contributed by atoms with E-state index in [2.05, 4.69) is 66.4 Å². The highest BCUT2D eigenvalue weighted by Gasteiger charge is 2.45. The minimum absolute atomic E-state index is 0.0110. The Balaban J connectivity index is 0.885. The highest BCUT2D eigenvalue weighted by atomic mass is 32.1. The lowest BCUT2D eigenvalue weighted by Crippen LogP contribution is -2.43. The molecule has 2 aromatic carbocycles. The number of H-pyrrole nitrogens is 1. The van der Waals surface area contributed by atoms with Gasteiger partial charge in [0, 0.05) is 47.6 Å². The molecule has 8 rings (SSSR count). The van der Waals surface area contributed by atoms with Crippen LogP contribution in [0.2, 0.25) is 18.1 Å². The number of fused-ring (bicyclic) bond motifs is 4. The molecular formula is C46H58N6O8S2Si. The number of nitrogens with one attached hydrogen (secondary N) is 2. The maximum absolute atomic E-state index is 13.6. The third-order valence-electron chi connectivity index (χ3n) is 13.0. The molecule has 1 unspecified atom stereocenters. The summed E-state index contributed by atoms with van der Waals surface area (Å²) in [6, 6.07) is 16.4. The van der Waals surface area contributed by atoms with Crippen molar-refractivity contribution >= 4 is 58.9 Å². The van der Waals surface area contributed by atoms with E-state index in [4.69, 9.17) is 18.6 Å². The molecule has 1 fully saturated rings. The van der Waals surface area contributed by atoms with Gasteiger partial charge in [-0.3, -0.25) is 4.79 Å². The second-order valence-corrected chi connectivity index (χ2v) is 25.3. The number of aromatic amines is 1. The Kier molecular flexibility index (Phi) is 12.9. The fourth-order valence-corrected chi connectivity index (χ4v) is 11.5. The van der Waals surface area contributed by atoms with Crippen molar-refractivity contribution in [2.24, 2.45) is 0 Å². The number of esters is 1. The summed E-state index contributed by atoms with van der Waals surface area (Å²) >= 11 is 2.77. The van der Waals surface area contributed by atoms with Gasteiger partial charge in [0.1, 0.15) is 22.9 Å². The first-order valence-electron chi connectivity index (χ1n) is 21.7. The Bertz CT molecular complexity index is 2630. The highest BCUT2D eigenvalue weighted by Crippen LogP contribution is 2.44. The van der Waals surface area contributed by atoms with Crippen molar-refractivity contribution in [2.75, 3.05) is 26.9 Å². The largest absolute Gasteiger partial charge is 0.506 e. The van der Waals surface area contributed by atoms with Crippen LogP contribution in [0.3, 0.4) is 0 Å². The van der Waals surface area contributed by atoms with E-state index in [1.54, 1.807) is 18.2 Å². The van der Waals surface area contributed by atoms with Crippen LogP contribution in [0.1, 0.15) is 84.7 Å². The van der Waals surface area contributed by atoms with E-state index in [0.717, 1.165) is 71.1 Å². The van der Waals surface area contributed by atoms with Crippen LogP contribution in [0.25, 0.3) is 21.9 Å². The number of phenols is 1. The molecule has 14 nitrogen and oxygen atoms in total. The van der Waals surface area contributed by atoms with Gasteiger partial charge in [-0.25, -0.2) is 9.48 Å². The molecule has 0 saturated heterocycles. The van der Waals surface area contributed by atoms with Crippen LogP contribution >= 0.6 is 22.7 Å². The number of benzene rings is 2. The van der Waals surface area contributed by atoms with Crippen LogP contribution in [0.4, 0.5) is 0 Å². The Hall–Kier alpha value is -4.62. The lowest BCUT2D eigenvalue weighted by molar-refractivity contribution is -0.169. The van der Waals surface area contributed by atoms with Gasteiger partial charge in [-0.05, 0) is 118 Å². The average molecular weight is 915 g/mol. The summed E-state index contributed by atoms with van der Waals surface area (Å²) in [7, 11) is -0.124. The number of thiophene rings is 2. The summed E-state index contributed by atoms with van der Waals surface area (Å²) < 4.78 is 27.1. The Labute approximate surface area is 376 Å². The van der Waals surface area contributed by atoms with E-state index in [9.17, 15) is 19.8 Å². The molecule has 17 heteroatoms. The Morgan fingerprint density at radius 3 is 2.57 bits per heavy atom. The molecule has 1 saturated carbocycles. The zero-order valence-corrected chi connectivity index (χ0v) is 39.7. The quantitative estimate of drug-likeness (QED) is 0.0544. The number of aromatic hydroxyl groups is 1. The van der Waals surface area contributed by atoms with Crippen LogP contribution < -0.4 is 20.3 Å². The number of carbonyl (C=O) groups is 1. The summed E-state index contributed by atoms with van der Waals surface area (Å²) in [6.45, 7) is 15.5. The first-order valence-corrected chi connectivity index (χ1v) is 26.3. The topological polar surface area (TPSA) is 173 Å². The number of pyridine rings is 1. The zero-order valence-electron chi connectivity index (χ0n) is 37.0. The number of phenolic OH excluding ortho intramolecular Hbond substituents is 1. The minimum atomic E-state index is -2.27. The van der Waals surface area contributed by atoms with Crippen LogP contribution in [0, 0.1) is 6.92 Å².